The zero-order chi connectivity index (χ0) is 13.1. The Balaban J connectivity index is 2.12. The second kappa shape index (κ2) is 5.42. The molecule has 0 spiro atoms. The maximum atomic E-state index is 13.4. The lowest BCUT2D eigenvalue weighted by Gasteiger charge is -2.17. The summed E-state index contributed by atoms with van der Waals surface area (Å²) in [6.07, 6.45) is 4.29. The Morgan fingerprint density at radius 3 is 2.56 bits per heavy atom. The predicted octanol–water partition coefficient (Wildman–Crippen LogP) is 3.82. The number of hydrogen-bond donors (Lipinski definition) is 0. The number of benzene rings is 1. The highest BCUT2D eigenvalue weighted by molar-refractivity contribution is 5.96. The molecule has 0 fully saturated rings. The Labute approximate surface area is 106 Å². The van der Waals surface area contributed by atoms with Gasteiger partial charge in [-0.25, -0.2) is 8.78 Å². The van der Waals surface area contributed by atoms with Gasteiger partial charge in [0.15, 0.2) is 5.78 Å². The lowest BCUT2D eigenvalue weighted by atomic mass is 9.87. The zero-order valence-electron chi connectivity index (χ0n) is 10.4. The molecule has 0 N–H and O–H groups in total. The first-order chi connectivity index (χ1) is 8.58. The molecule has 1 atom stereocenters. The van der Waals surface area contributed by atoms with Gasteiger partial charge in [0.1, 0.15) is 11.6 Å². The van der Waals surface area contributed by atoms with Gasteiger partial charge in [-0.1, -0.05) is 19.1 Å². The fourth-order valence-electron chi connectivity index (χ4n) is 2.19. The largest absolute Gasteiger partial charge is 0.294 e. The van der Waals surface area contributed by atoms with Crippen LogP contribution in [0.2, 0.25) is 0 Å². The number of Topliss-reactive ketones (excluding diaryl/α,β-unsaturated/α-hetero) is 1. The van der Waals surface area contributed by atoms with Gasteiger partial charge < -0.3 is 0 Å². The Morgan fingerprint density at radius 2 is 2.00 bits per heavy atom. The molecule has 0 radical (unpaired) electrons. The van der Waals surface area contributed by atoms with Gasteiger partial charge in [0, 0.05) is 12.0 Å². The van der Waals surface area contributed by atoms with Crippen LogP contribution in [0.15, 0.2) is 29.8 Å². The highest BCUT2D eigenvalue weighted by Gasteiger charge is 2.19. The van der Waals surface area contributed by atoms with E-state index in [2.05, 4.69) is 6.92 Å². The van der Waals surface area contributed by atoms with E-state index in [-0.39, 0.29) is 17.8 Å². The van der Waals surface area contributed by atoms with Crippen LogP contribution in [-0.2, 0) is 11.2 Å². The van der Waals surface area contributed by atoms with E-state index < -0.39 is 11.6 Å². The van der Waals surface area contributed by atoms with Crippen LogP contribution < -0.4 is 0 Å². The number of carbonyl (C=O) groups is 1. The second-order valence-corrected chi connectivity index (χ2v) is 4.91. The van der Waals surface area contributed by atoms with Crippen LogP contribution in [0, 0.1) is 17.6 Å². The van der Waals surface area contributed by atoms with Crippen molar-refractivity contribution in [3.63, 3.8) is 0 Å². The van der Waals surface area contributed by atoms with Crippen LogP contribution >= 0.6 is 0 Å². The first-order valence-electron chi connectivity index (χ1n) is 6.23. The number of allylic oxidation sites excluding steroid dienone is 2. The van der Waals surface area contributed by atoms with Crippen LogP contribution in [0.3, 0.4) is 0 Å². The molecule has 0 saturated carbocycles. The molecule has 96 valence electrons. The van der Waals surface area contributed by atoms with Gasteiger partial charge in [0.25, 0.3) is 0 Å². The number of rotatable bonds is 3. The molecule has 0 saturated heterocycles. The molecule has 0 bridgehead atoms. The third-order valence-corrected chi connectivity index (χ3v) is 3.43. The lowest BCUT2D eigenvalue weighted by molar-refractivity contribution is -0.115. The van der Waals surface area contributed by atoms with E-state index in [0.29, 0.717) is 5.92 Å². The van der Waals surface area contributed by atoms with Crippen molar-refractivity contribution in [1.29, 1.82) is 0 Å². The van der Waals surface area contributed by atoms with Crippen molar-refractivity contribution in [3.05, 3.63) is 47.0 Å². The minimum atomic E-state index is -0.645. The predicted molar refractivity (Wildman–Crippen MR) is 66.2 cm³/mol. The van der Waals surface area contributed by atoms with E-state index in [0.717, 1.165) is 24.8 Å². The van der Waals surface area contributed by atoms with Crippen molar-refractivity contribution < 1.29 is 13.6 Å². The highest BCUT2D eigenvalue weighted by Crippen LogP contribution is 2.25. The summed E-state index contributed by atoms with van der Waals surface area (Å²) in [6.45, 7) is 2.13. The van der Waals surface area contributed by atoms with E-state index in [1.165, 1.54) is 18.2 Å². The lowest BCUT2D eigenvalue weighted by Crippen LogP contribution is -2.13. The average molecular weight is 250 g/mol. The third kappa shape index (κ3) is 2.84. The van der Waals surface area contributed by atoms with Crippen molar-refractivity contribution in [2.45, 2.75) is 32.6 Å². The summed E-state index contributed by atoms with van der Waals surface area (Å²) in [6, 6.07) is 3.67. The SMILES string of the molecule is CC1CC=C(C(=O)Cc2c(F)cccc2F)CC1. The standard InChI is InChI=1S/C15H16F2O/c1-10-5-7-11(8-6-10)15(18)9-12-13(16)3-2-4-14(12)17/h2-4,7,10H,5-6,8-9H2,1H3. The number of halogens is 2. The normalized spacial score (nSPS) is 19.5. The van der Waals surface area contributed by atoms with E-state index in [4.69, 9.17) is 0 Å². The van der Waals surface area contributed by atoms with Gasteiger partial charge in [-0.15, -0.1) is 0 Å². The maximum absolute atomic E-state index is 13.4. The fraction of sp³-hybridized carbons (Fsp3) is 0.400. The molecule has 1 aromatic rings. The molecule has 0 heterocycles. The molecule has 0 amide bonds. The molecule has 0 aliphatic heterocycles. The van der Waals surface area contributed by atoms with Gasteiger partial charge in [-0.05, 0) is 42.9 Å². The van der Waals surface area contributed by atoms with Crippen molar-refractivity contribution in [2.24, 2.45) is 5.92 Å². The Morgan fingerprint density at radius 1 is 1.33 bits per heavy atom. The smallest absolute Gasteiger partial charge is 0.163 e. The number of carbonyl (C=O) groups excluding carboxylic acids is 1. The van der Waals surface area contributed by atoms with E-state index >= 15 is 0 Å². The molecule has 1 nitrogen and oxygen atoms in total. The molecule has 1 unspecified atom stereocenters. The summed E-state index contributed by atoms with van der Waals surface area (Å²) in [4.78, 5) is 12.0. The van der Waals surface area contributed by atoms with Crippen LogP contribution in [0.4, 0.5) is 8.78 Å². The summed E-state index contributed by atoms with van der Waals surface area (Å²) >= 11 is 0. The van der Waals surface area contributed by atoms with E-state index in [9.17, 15) is 13.6 Å². The quantitative estimate of drug-likeness (QED) is 0.797. The van der Waals surface area contributed by atoms with E-state index in [1.807, 2.05) is 6.08 Å². The van der Waals surface area contributed by atoms with Gasteiger partial charge in [-0.2, -0.15) is 0 Å². The zero-order valence-corrected chi connectivity index (χ0v) is 10.4. The van der Waals surface area contributed by atoms with Crippen molar-refractivity contribution in [2.75, 3.05) is 0 Å². The molecule has 18 heavy (non-hydrogen) atoms. The van der Waals surface area contributed by atoms with Crippen molar-refractivity contribution in [3.8, 4) is 0 Å². The van der Waals surface area contributed by atoms with Crippen LogP contribution in [0.5, 0.6) is 0 Å². The molecule has 2 rings (SSSR count). The van der Waals surface area contributed by atoms with Gasteiger partial charge in [0.2, 0.25) is 0 Å². The molecular weight excluding hydrogens is 234 g/mol. The third-order valence-electron chi connectivity index (χ3n) is 3.43. The molecule has 3 heteroatoms. The minimum Gasteiger partial charge on any atom is -0.294 e. The monoisotopic (exact) mass is 250 g/mol. The molecule has 1 aromatic carbocycles. The van der Waals surface area contributed by atoms with Gasteiger partial charge >= 0.3 is 0 Å². The summed E-state index contributed by atoms with van der Waals surface area (Å²) < 4.78 is 26.9. The summed E-state index contributed by atoms with van der Waals surface area (Å²) in [5.41, 5.74) is 0.595. The first-order valence-corrected chi connectivity index (χ1v) is 6.23. The maximum Gasteiger partial charge on any atom is 0.163 e. The Kier molecular flexibility index (Phi) is 3.90. The summed E-state index contributed by atoms with van der Waals surface area (Å²) in [5.74, 6) is -0.862. The molecule has 1 aliphatic rings. The molecule has 0 aromatic heterocycles. The first kappa shape index (κ1) is 12.9. The number of hydrogen-bond acceptors (Lipinski definition) is 1. The topological polar surface area (TPSA) is 17.1 Å². The summed E-state index contributed by atoms with van der Waals surface area (Å²) in [5, 5.41) is 0. The highest BCUT2D eigenvalue weighted by atomic mass is 19.1. The molecular formula is C15H16F2O. The van der Waals surface area contributed by atoms with Crippen molar-refractivity contribution in [1.82, 2.24) is 0 Å². The molecule has 1 aliphatic carbocycles. The number of ketones is 1. The van der Waals surface area contributed by atoms with Crippen LogP contribution in [0.25, 0.3) is 0 Å². The van der Waals surface area contributed by atoms with Crippen molar-refractivity contribution >= 4 is 5.78 Å². The van der Waals surface area contributed by atoms with Gasteiger partial charge in [0.05, 0.1) is 0 Å². The van der Waals surface area contributed by atoms with E-state index in [1.54, 1.807) is 0 Å². The van der Waals surface area contributed by atoms with Crippen LogP contribution in [0.1, 0.15) is 31.7 Å². The van der Waals surface area contributed by atoms with Crippen LogP contribution in [-0.4, -0.2) is 5.78 Å². The minimum absolute atomic E-state index is 0.123. The Hall–Kier alpha value is -1.51. The average Bonchev–Trinajstić information content (AvgIpc) is 2.34. The van der Waals surface area contributed by atoms with Gasteiger partial charge in [-0.3, -0.25) is 4.79 Å². The Bertz CT molecular complexity index is 471. The summed E-state index contributed by atoms with van der Waals surface area (Å²) in [7, 11) is 0. The second-order valence-electron chi connectivity index (χ2n) is 4.91. The fourth-order valence-corrected chi connectivity index (χ4v) is 2.19.